The fraction of sp³-hybridized carbons (Fsp3) is 0.625. The Morgan fingerprint density at radius 1 is 1.80 bits per heavy atom. The Bertz CT molecular complexity index is 172. The van der Waals surface area contributed by atoms with Crippen molar-refractivity contribution in [2.75, 3.05) is 0 Å². The van der Waals surface area contributed by atoms with Gasteiger partial charge in [-0.25, -0.2) is 0 Å². The molecule has 1 fully saturated rings. The molecule has 0 spiro atoms. The lowest BCUT2D eigenvalue weighted by molar-refractivity contribution is -0.112. The van der Waals surface area contributed by atoms with Gasteiger partial charge in [0.15, 0.2) is 5.78 Å². The number of nitrogens with one attached hydrogen (secondary N) is 1. The third-order valence-electron chi connectivity index (χ3n) is 1.66. The van der Waals surface area contributed by atoms with Gasteiger partial charge in [-0.15, -0.1) is 0 Å². The van der Waals surface area contributed by atoms with Crippen LogP contribution in [0.15, 0.2) is 11.8 Å². The van der Waals surface area contributed by atoms with Crippen LogP contribution in [0.2, 0.25) is 0 Å². The molecule has 0 bridgehead atoms. The first kappa shape index (κ1) is 7.32. The molecule has 0 aromatic heterocycles. The quantitative estimate of drug-likeness (QED) is 0.553. The molecule has 0 amide bonds. The van der Waals surface area contributed by atoms with Gasteiger partial charge in [0.05, 0.1) is 0 Å². The lowest BCUT2D eigenvalue weighted by Gasteiger charge is -2.01. The fourth-order valence-electron chi connectivity index (χ4n) is 1.19. The molecule has 0 saturated carbocycles. The maximum atomic E-state index is 10.6. The van der Waals surface area contributed by atoms with Crippen LogP contribution >= 0.6 is 0 Å². The van der Waals surface area contributed by atoms with Crippen LogP contribution in [0.3, 0.4) is 0 Å². The lowest BCUT2D eigenvalue weighted by Crippen LogP contribution is -2.15. The first-order chi connectivity index (χ1) is 4.68. The van der Waals surface area contributed by atoms with Gasteiger partial charge < -0.3 is 5.32 Å². The zero-order valence-electron chi connectivity index (χ0n) is 6.48. The average Bonchev–Trinajstić information content (AvgIpc) is 2.13. The predicted molar refractivity (Wildman–Crippen MR) is 40.6 cm³/mol. The van der Waals surface area contributed by atoms with Gasteiger partial charge in [-0.2, -0.15) is 0 Å². The van der Waals surface area contributed by atoms with Crippen LogP contribution in [0.5, 0.6) is 0 Å². The van der Waals surface area contributed by atoms with Crippen LogP contribution in [0, 0.1) is 0 Å². The van der Waals surface area contributed by atoms with Crippen molar-refractivity contribution in [3.8, 4) is 0 Å². The van der Waals surface area contributed by atoms with E-state index >= 15 is 0 Å². The van der Waals surface area contributed by atoms with E-state index in [-0.39, 0.29) is 5.78 Å². The molecule has 1 atom stereocenters. The van der Waals surface area contributed by atoms with E-state index in [2.05, 4.69) is 12.2 Å². The Kier molecular flexibility index (Phi) is 2.10. The minimum Gasteiger partial charge on any atom is -0.386 e. The van der Waals surface area contributed by atoms with Gasteiger partial charge in [-0.1, -0.05) is 0 Å². The highest BCUT2D eigenvalue weighted by Gasteiger charge is 2.12. The lowest BCUT2D eigenvalue weighted by atomic mass is 10.2. The zero-order chi connectivity index (χ0) is 7.56. The summed E-state index contributed by atoms with van der Waals surface area (Å²) in [4.78, 5) is 10.6. The van der Waals surface area contributed by atoms with Crippen molar-refractivity contribution in [3.63, 3.8) is 0 Å². The number of ketones is 1. The maximum Gasteiger partial charge on any atom is 0.154 e. The zero-order valence-corrected chi connectivity index (χ0v) is 6.48. The molecule has 0 aromatic carbocycles. The number of carbonyl (C=O) groups excluding carboxylic acids is 1. The SMILES string of the molecule is CC(=O)/C=C1\CCC(C)N1. The van der Waals surface area contributed by atoms with Crippen molar-refractivity contribution in [1.82, 2.24) is 5.32 Å². The number of carbonyl (C=O) groups is 1. The van der Waals surface area contributed by atoms with Crippen LogP contribution in [0.4, 0.5) is 0 Å². The monoisotopic (exact) mass is 139 g/mol. The van der Waals surface area contributed by atoms with Gasteiger partial charge in [-0.05, 0) is 32.8 Å². The van der Waals surface area contributed by atoms with Gasteiger partial charge in [0, 0.05) is 11.7 Å². The van der Waals surface area contributed by atoms with E-state index in [1.807, 2.05) is 0 Å². The van der Waals surface area contributed by atoms with E-state index in [1.54, 1.807) is 13.0 Å². The standard InChI is InChI=1S/C8H13NO/c1-6-3-4-8(9-6)5-7(2)10/h5-6,9H,3-4H2,1-2H3/b8-5+. The summed E-state index contributed by atoms with van der Waals surface area (Å²) in [6.07, 6.45) is 3.86. The Morgan fingerprint density at radius 3 is 2.90 bits per heavy atom. The largest absolute Gasteiger partial charge is 0.386 e. The molecule has 1 aliphatic heterocycles. The van der Waals surface area contributed by atoms with Crippen LogP contribution < -0.4 is 5.32 Å². The smallest absolute Gasteiger partial charge is 0.154 e. The molecule has 0 aliphatic carbocycles. The Balaban J connectivity index is 2.51. The first-order valence-corrected chi connectivity index (χ1v) is 3.66. The molecular weight excluding hydrogens is 126 g/mol. The second kappa shape index (κ2) is 2.86. The van der Waals surface area contributed by atoms with E-state index < -0.39 is 0 Å². The van der Waals surface area contributed by atoms with Crippen LogP contribution in [0.1, 0.15) is 26.7 Å². The van der Waals surface area contributed by atoms with Crippen LogP contribution in [-0.4, -0.2) is 11.8 Å². The third-order valence-corrected chi connectivity index (χ3v) is 1.66. The third kappa shape index (κ3) is 1.87. The normalized spacial score (nSPS) is 28.6. The molecule has 1 saturated heterocycles. The molecule has 10 heavy (non-hydrogen) atoms. The van der Waals surface area contributed by atoms with Crippen LogP contribution in [-0.2, 0) is 4.79 Å². The van der Waals surface area contributed by atoms with Crippen molar-refractivity contribution >= 4 is 5.78 Å². The molecule has 0 radical (unpaired) electrons. The van der Waals surface area contributed by atoms with Crippen molar-refractivity contribution < 1.29 is 4.79 Å². The molecular formula is C8H13NO. The maximum absolute atomic E-state index is 10.6. The molecule has 56 valence electrons. The summed E-state index contributed by atoms with van der Waals surface area (Å²) < 4.78 is 0. The molecule has 1 N–H and O–H groups in total. The molecule has 1 unspecified atom stereocenters. The molecule has 0 aromatic rings. The summed E-state index contributed by atoms with van der Waals surface area (Å²) >= 11 is 0. The summed E-state index contributed by atoms with van der Waals surface area (Å²) in [7, 11) is 0. The van der Waals surface area contributed by atoms with Crippen molar-refractivity contribution in [1.29, 1.82) is 0 Å². The van der Waals surface area contributed by atoms with Gasteiger partial charge in [0.2, 0.25) is 0 Å². The number of rotatable bonds is 1. The highest BCUT2D eigenvalue weighted by molar-refractivity contribution is 5.87. The molecule has 2 nitrogen and oxygen atoms in total. The van der Waals surface area contributed by atoms with Gasteiger partial charge in [0.25, 0.3) is 0 Å². The Hall–Kier alpha value is -0.790. The molecule has 2 heteroatoms. The Labute approximate surface area is 61.3 Å². The highest BCUT2D eigenvalue weighted by atomic mass is 16.1. The van der Waals surface area contributed by atoms with Crippen molar-refractivity contribution in [2.24, 2.45) is 0 Å². The van der Waals surface area contributed by atoms with E-state index in [0.29, 0.717) is 6.04 Å². The minimum absolute atomic E-state index is 0.136. The second-order valence-electron chi connectivity index (χ2n) is 2.86. The van der Waals surface area contributed by atoms with E-state index in [1.165, 1.54) is 0 Å². The second-order valence-corrected chi connectivity index (χ2v) is 2.86. The summed E-state index contributed by atoms with van der Waals surface area (Å²) in [6.45, 7) is 3.71. The van der Waals surface area contributed by atoms with Gasteiger partial charge >= 0.3 is 0 Å². The highest BCUT2D eigenvalue weighted by Crippen LogP contribution is 2.14. The van der Waals surface area contributed by atoms with E-state index in [0.717, 1.165) is 18.5 Å². The fourth-order valence-corrected chi connectivity index (χ4v) is 1.19. The molecule has 1 heterocycles. The van der Waals surface area contributed by atoms with Gasteiger partial charge in [-0.3, -0.25) is 4.79 Å². The van der Waals surface area contributed by atoms with Crippen molar-refractivity contribution in [2.45, 2.75) is 32.7 Å². The first-order valence-electron chi connectivity index (χ1n) is 3.66. The molecule has 1 aliphatic rings. The molecule has 1 rings (SSSR count). The predicted octanol–water partition coefficient (Wildman–Crippen LogP) is 1.23. The van der Waals surface area contributed by atoms with Crippen molar-refractivity contribution in [3.05, 3.63) is 11.8 Å². The van der Waals surface area contributed by atoms with E-state index in [4.69, 9.17) is 0 Å². The minimum atomic E-state index is 0.136. The number of allylic oxidation sites excluding steroid dienone is 2. The van der Waals surface area contributed by atoms with Crippen LogP contribution in [0.25, 0.3) is 0 Å². The summed E-state index contributed by atoms with van der Waals surface area (Å²) in [5, 5.41) is 3.23. The summed E-state index contributed by atoms with van der Waals surface area (Å²) in [6, 6.07) is 0.547. The topological polar surface area (TPSA) is 29.1 Å². The number of hydrogen-bond donors (Lipinski definition) is 1. The number of hydrogen-bond acceptors (Lipinski definition) is 2. The average molecular weight is 139 g/mol. The Morgan fingerprint density at radius 2 is 2.50 bits per heavy atom. The summed E-state index contributed by atoms with van der Waals surface area (Å²) in [5.74, 6) is 0.136. The van der Waals surface area contributed by atoms with E-state index in [9.17, 15) is 4.79 Å². The van der Waals surface area contributed by atoms with Gasteiger partial charge in [0.1, 0.15) is 0 Å². The summed E-state index contributed by atoms with van der Waals surface area (Å²) in [5.41, 5.74) is 1.10.